The Labute approximate surface area is 188 Å². The maximum Gasteiger partial charge on any atom is 0.437 e. The van der Waals surface area contributed by atoms with Gasteiger partial charge in [0.1, 0.15) is 12.4 Å². The van der Waals surface area contributed by atoms with E-state index in [0.717, 1.165) is 5.56 Å². The van der Waals surface area contributed by atoms with Gasteiger partial charge < -0.3 is 18.8 Å². The molecule has 3 aromatic rings. The number of carbonyl (C=O) groups is 1. The summed E-state index contributed by atoms with van der Waals surface area (Å²) in [4.78, 5) is 17.7. The predicted octanol–water partition coefficient (Wildman–Crippen LogP) is 5.89. The highest BCUT2D eigenvalue weighted by atomic mass is 19.4. The van der Waals surface area contributed by atoms with Crippen LogP contribution in [0.3, 0.4) is 0 Å². The van der Waals surface area contributed by atoms with E-state index in [-0.39, 0.29) is 29.7 Å². The minimum Gasteiger partial charge on any atom is -0.497 e. The fourth-order valence-electron chi connectivity index (χ4n) is 3.76. The number of hydrogen-bond acceptors (Lipinski definition) is 5. The van der Waals surface area contributed by atoms with Gasteiger partial charge in [0, 0.05) is 24.6 Å². The van der Waals surface area contributed by atoms with Gasteiger partial charge in [0.15, 0.2) is 17.3 Å². The third-order valence-corrected chi connectivity index (χ3v) is 5.57. The number of oxazole rings is 1. The molecule has 174 valence electrons. The summed E-state index contributed by atoms with van der Waals surface area (Å²) in [6.07, 6.45) is -4.24. The summed E-state index contributed by atoms with van der Waals surface area (Å²) in [5.41, 5.74) is 0.0995. The summed E-state index contributed by atoms with van der Waals surface area (Å²) in [7, 11) is 1.48. The number of amides is 1. The second kappa shape index (κ2) is 9.56. The molecule has 0 unspecified atom stereocenters. The first-order valence-corrected chi connectivity index (χ1v) is 10.5. The number of benzene rings is 2. The van der Waals surface area contributed by atoms with Crippen molar-refractivity contribution >= 4 is 6.09 Å². The van der Waals surface area contributed by atoms with Gasteiger partial charge in [0.25, 0.3) is 0 Å². The van der Waals surface area contributed by atoms with Crippen LogP contribution in [0.1, 0.15) is 35.9 Å². The van der Waals surface area contributed by atoms with Crippen molar-refractivity contribution in [2.75, 3.05) is 20.2 Å². The molecular weight excluding hydrogens is 437 g/mol. The molecule has 0 bridgehead atoms. The molecule has 0 saturated carbocycles. The van der Waals surface area contributed by atoms with E-state index in [9.17, 15) is 18.0 Å². The maximum atomic E-state index is 13.6. The Morgan fingerprint density at radius 3 is 2.36 bits per heavy atom. The summed E-state index contributed by atoms with van der Waals surface area (Å²) in [5, 5.41) is 0. The molecule has 9 heteroatoms. The Bertz CT molecular complexity index is 1070. The zero-order valence-corrected chi connectivity index (χ0v) is 18.0. The number of ether oxygens (including phenoxy) is 2. The standard InChI is InChI=1S/C24H23F3N2O4/c1-31-19-9-7-17(8-10-19)20-21(24(25,26)27)28-22(33-20)18-11-13-29(14-12-18)23(30)32-15-16-5-3-2-4-6-16/h2-10,18H,11-15H2,1H3. The van der Waals surface area contributed by atoms with E-state index < -0.39 is 18.0 Å². The average Bonchev–Trinajstić information content (AvgIpc) is 3.30. The van der Waals surface area contributed by atoms with Crippen molar-refractivity contribution in [1.82, 2.24) is 9.88 Å². The summed E-state index contributed by atoms with van der Waals surface area (Å²) in [6.45, 7) is 0.860. The van der Waals surface area contributed by atoms with Gasteiger partial charge in [-0.25, -0.2) is 9.78 Å². The largest absolute Gasteiger partial charge is 0.497 e. The van der Waals surface area contributed by atoms with Crippen LogP contribution in [0.4, 0.5) is 18.0 Å². The molecule has 1 fully saturated rings. The van der Waals surface area contributed by atoms with E-state index in [1.807, 2.05) is 30.3 Å². The molecule has 0 radical (unpaired) electrons. The number of halogens is 3. The van der Waals surface area contributed by atoms with Gasteiger partial charge in [-0.2, -0.15) is 13.2 Å². The number of piperidine rings is 1. The minimum absolute atomic E-state index is 0.0328. The number of hydrogen-bond donors (Lipinski definition) is 0. The molecule has 2 heterocycles. The van der Waals surface area contributed by atoms with Crippen LogP contribution in [-0.4, -0.2) is 36.2 Å². The monoisotopic (exact) mass is 460 g/mol. The van der Waals surface area contributed by atoms with Gasteiger partial charge >= 0.3 is 12.3 Å². The van der Waals surface area contributed by atoms with Gasteiger partial charge in [-0.15, -0.1) is 0 Å². The lowest BCUT2D eigenvalue weighted by Crippen LogP contribution is -2.38. The molecule has 0 spiro atoms. The van der Waals surface area contributed by atoms with E-state index in [1.54, 1.807) is 17.0 Å². The fraction of sp³-hybridized carbons (Fsp3) is 0.333. The van der Waals surface area contributed by atoms with Gasteiger partial charge in [0.05, 0.1) is 7.11 Å². The lowest BCUT2D eigenvalue weighted by atomic mass is 9.97. The first-order valence-electron chi connectivity index (χ1n) is 10.5. The zero-order chi connectivity index (χ0) is 23.4. The normalized spacial score (nSPS) is 14.8. The van der Waals surface area contributed by atoms with Crippen molar-refractivity contribution in [2.24, 2.45) is 0 Å². The molecule has 1 aliphatic heterocycles. The van der Waals surface area contributed by atoms with Crippen LogP contribution < -0.4 is 4.74 Å². The maximum absolute atomic E-state index is 13.6. The summed E-state index contributed by atoms with van der Waals surface area (Å²) in [6, 6.07) is 15.5. The summed E-state index contributed by atoms with van der Waals surface area (Å²) < 4.78 is 56.9. The SMILES string of the molecule is COc1ccc(-c2oc(C3CCN(C(=O)OCc4ccccc4)CC3)nc2C(F)(F)F)cc1. The van der Waals surface area contributed by atoms with Crippen molar-refractivity contribution < 1.29 is 31.9 Å². The first kappa shape index (κ1) is 22.7. The van der Waals surface area contributed by atoms with Crippen LogP contribution in [0.15, 0.2) is 59.0 Å². The van der Waals surface area contributed by atoms with Crippen molar-refractivity contribution in [1.29, 1.82) is 0 Å². The predicted molar refractivity (Wildman–Crippen MR) is 114 cm³/mol. The number of rotatable bonds is 5. The van der Waals surface area contributed by atoms with Crippen molar-refractivity contribution in [2.45, 2.75) is 31.5 Å². The number of aromatic nitrogens is 1. The molecule has 0 atom stereocenters. The molecule has 2 aromatic carbocycles. The Morgan fingerprint density at radius 1 is 1.09 bits per heavy atom. The number of carbonyl (C=O) groups excluding carboxylic acids is 1. The summed E-state index contributed by atoms with van der Waals surface area (Å²) in [5.74, 6) is -0.0786. The van der Waals surface area contributed by atoms with Crippen LogP contribution in [-0.2, 0) is 17.5 Å². The molecule has 1 saturated heterocycles. The molecule has 1 amide bonds. The van der Waals surface area contributed by atoms with E-state index in [2.05, 4.69) is 4.98 Å². The smallest absolute Gasteiger partial charge is 0.437 e. The Balaban J connectivity index is 1.43. The quantitative estimate of drug-likeness (QED) is 0.475. The first-order chi connectivity index (χ1) is 15.8. The second-order valence-corrected chi connectivity index (χ2v) is 7.76. The number of likely N-dealkylation sites (tertiary alicyclic amines) is 1. The third-order valence-electron chi connectivity index (χ3n) is 5.57. The molecule has 4 rings (SSSR count). The highest BCUT2D eigenvalue weighted by Crippen LogP contribution is 2.40. The van der Waals surface area contributed by atoms with Crippen LogP contribution in [0.2, 0.25) is 0 Å². The lowest BCUT2D eigenvalue weighted by Gasteiger charge is -2.29. The van der Waals surface area contributed by atoms with Gasteiger partial charge in [0.2, 0.25) is 0 Å². The van der Waals surface area contributed by atoms with Crippen LogP contribution in [0.5, 0.6) is 5.75 Å². The van der Waals surface area contributed by atoms with Crippen molar-refractivity contribution in [3.8, 4) is 17.1 Å². The van der Waals surface area contributed by atoms with Gasteiger partial charge in [-0.1, -0.05) is 30.3 Å². The van der Waals surface area contributed by atoms with Crippen LogP contribution in [0, 0.1) is 0 Å². The molecule has 6 nitrogen and oxygen atoms in total. The van der Waals surface area contributed by atoms with Gasteiger partial charge in [-0.3, -0.25) is 0 Å². The van der Waals surface area contributed by atoms with Crippen molar-refractivity contribution in [3.05, 3.63) is 71.7 Å². The Hall–Kier alpha value is -3.49. The second-order valence-electron chi connectivity index (χ2n) is 7.76. The van der Waals surface area contributed by atoms with Crippen LogP contribution >= 0.6 is 0 Å². The van der Waals surface area contributed by atoms with E-state index >= 15 is 0 Å². The zero-order valence-electron chi connectivity index (χ0n) is 18.0. The molecule has 1 aliphatic rings. The Kier molecular flexibility index (Phi) is 6.57. The number of methoxy groups -OCH3 is 1. The molecular formula is C24H23F3N2O4. The Morgan fingerprint density at radius 2 is 1.76 bits per heavy atom. The van der Waals surface area contributed by atoms with E-state index in [0.29, 0.717) is 31.7 Å². The van der Waals surface area contributed by atoms with E-state index in [4.69, 9.17) is 13.9 Å². The topological polar surface area (TPSA) is 64.8 Å². The molecule has 1 aromatic heterocycles. The number of alkyl halides is 3. The lowest BCUT2D eigenvalue weighted by molar-refractivity contribution is -0.140. The third kappa shape index (κ3) is 5.30. The summed E-state index contributed by atoms with van der Waals surface area (Å²) >= 11 is 0. The number of nitrogens with zero attached hydrogens (tertiary/aromatic N) is 2. The molecule has 0 N–H and O–H groups in total. The highest BCUT2D eigenvalue weighted by Gasteiger charge is 2.40. The molecule has 33 heavy (non-hydrogen) atoms. The van der Waals surface area contributed by atoms with Gasteiger partial charge in [-0.05, 0) is 42.7 Å². The minimum atomic E-state index is -4.65. The fourth-order valence-corrected chi connectivity index (χ4v) is 3.76. The van der Waals surface area contributed by atoms with Crippen molar-refractivity contribution in [3.63, 3.8) is 0 Å². The highest BCUT2D eigenvalue weighted by molar-refractivity contribution is 5.67. The van der Waals surface area contributed by atoms with Crippen LogP contribution in [0.25, 0.3) is 11.3 Å². The van der Waals surface area contributed by atoms with E-state index in [1.165, 1.54) is 19.2 Å². The molecule has 0 aliphatic carbocycles. The average molecular weight is 460 g/mol.